The zero-order valence-electron chi connectivity index (χ0n) is 15.5. The molecule has 7 heteroatoms. The number of rotatable bonds is 7. The normalized spacial score (nSPS) is 16.3. The van der Waals surface area contributed by atoms with Crippen molar-refractivity contribution in [1.82, 2.24) is 9.38 Å². The zero-order valence-corrected chi connectivity index (χ0v) is 15.5. The highest BCUT2D eigenvalue weighted by molar-refractivity contribution is 5.96. The van der Waals surface area contributed by atoms with E-state index in [1.54, 1.807) is 16.7 Å². The van der Waals surface area contributed by atoms with Gasteiger partial charge in [0, 0.05) is 6.20 Å². The Hall–Kier alpha value is -3.01. The Morgan fingerprint density at radius 1 is 1.52 bits per heavy atom. The first-order valence-electron chi connectivity index (χ1n) is 9.23. The van der Waals surface area contributed by atoms with Crippen LogP contribution in [0.2, 0.25) is 0 Å². The molecule has 0 spiro atoms. The first-order valence-corrected chi connectivity index (χ1v) is 9.23. The standard InChI is InChI=1S/C20H23N3O4/c1-3-13(2)26-19-16(11-14(12-21)20(24)25)23-10-6-9-17(18(23)22-19)27-15-7-4-5-8-15/h6,9-11,13,15H,3-5,7-8H2,1-2H3,(H,24,25). The van der Waals surface area contributed by atoms with Crippen LogP contribution in [0.3, 0.4) is 0 Å². The van der Waals surface area contributed by atoms with Crippen LogP contribution in [0, 0.1) is 11.3 Å². The number of aromatic nitrogens is 2. The molecular formula is C20H23N3O4. The summed E-state index contributed by atoms with van der Waals surface area (Å²) in [6.45, 7) is 3.90. The van der Waals surface area contributed by atoms with E-state index in [0.717, 1.165) is 32.1 Å². The second-order valence-electron chi connectivity index (χ2n) is 6.70. The fourth-order valence-corrected chi connectivity index (χ4v) is 3.09. The van der Waals surface area contributed by atoms with Crippen molar-refractivity contribution in [2.45, 2.75) is 58.2 Å². The van der Waals surface area contributed by atoms with Crippen molar-refractivity contribution in [2.75, 3.05) is 0 Å². The Morgan fingerprint density at radius 2 is 2.26 bits per heavy atom. The molecule has 7 nitrogen and oxygen atoms in total. The number of carbonyl (C=O) groups is 1. The van der Waals surface area contributed by atoms with Gasteiger partial charge in [-0.05, 0) is 57.2 Å². The number of hydrogen-bond acceptors (Lipinski definition) is 5. The molecule has 2 aromatic rings. The van der Waals surface area contributed by atoms with Crippen LogP contribution >= 0.6 is 0 Å². The van der Waals surface area contributed by atoms with Crippen molar-refractivity contribution < 1.29 is 19.4 Å². The second kappa shape index (κ2) is 8.12. The summed E-state index contributed by atoms with van der Waals surface area (Å²) in [4.78, 5) is 15.9. The number of fused-ring (bicyclic) bond motifs is 1. The second-order valence-corrected chi connectivity index (χ2v) is 6.70. The average Bonchev–Trinajstić information content (AvgIpc) is 3.28. The minimum absolute atomic E-state index is 0.100. The first-order chi connectivity index (χ1) is 13.0. The smallest absolute Gasteiger partial charge is 0.346 e. The van der Waals surface area contributed by atoms with E-state index >= 15 is 0 Å². The number of pyridine rings is 1. The highest BCUT2D eigenvalue weighted by Crippen LogP contribution is 2.31. The number of aliphatic carboxylic acids is 1. The summed E-state index contributed by atoms with van der Waals surface area (Å²) in [5, 5.41) is 18.4. The molecule has 2 heterocycles. The maximum absolute atomic E-state index is 11.3. The largest absolute Gasteiger partial charge is 0.487 e. The van der Waals surface area contributed by atoms with Crippen LogP contribution in [0.5, 0.6) is 11.6 Å². The molecule has 1 fully saturated rings. The third-order valence-corrected chi connectivity index (χ3v) is 4.73. The predicted octanol–water partition coefficient (Wildman–Crippen LogP) is 3.82. The SMILES string of the molecule is CCC(C)Oc1nc2c(OC3CCCC3)cccn2c1C=C(C#N)C(=O)O. The monoisotopic (exact) mass is 369 g/mol. The highest BCUT2D eigenvalue weighted by Gasteiger charge is 2.22. The Balaban J connectivity index is 2.11. The molecule has 0 bridgehead atoms. The van der Waals surface area contributed by atoms with E-state index in [1.807, 2.05) is 26.0 Å². The Morgan fingerprint density at radius 3 is 2.89 bits per heavy atom. The van der Waals surface area contributed by atoms with Crippen molar-refractivity contribution in [3.8, 4) is 17.7 Å². The van der Waals surface area contributed by atoms with Gasteiger partial charge in [0.05, 0.1) is 12.2 Å². The van der Waals surface area contributed by atoms with Crippen LogP contribution in [0.4, 0.5) is 0 Å². The molecule has 0 amide bonds. The van der Waals surface area contributed by atoms with E-state index in [1.165, 1.54) is 6.08 Å². The zero-order chi connectivity index (χ0) is 19.4. The van der Waals surface area contributed by atoms with Crippen LogP contribution in [-0.2, 0) is 4.79 Å². The molecule has 0 radical (unpaired) electrons. The molecule has 1 saturated carbocycles. The molecule has 1 atom stereocenters. The summed E-state index contributed by atoms with van der Waals surface area (Å²) < 4.78 is 13.7. The van der Waals surface area contributed by atoms with Gasteiger partial charge in [0.15, 0.2) is 11.4 Å². The minimum atomic E-state index is -1.29. The van der Waals surface area contributed by atoms with Crippen LogP contribution in [-0.4, -0.2) is 32.7 Å². The number of ether oxygens (including phenoxy) is 2. The van der Waals surface area contributed by atoms with Gasteiger partial charge in [-0.15, -0.1) is 0 Å². The van der Waals surface area contributed by atoms with Gasteiger partial charge >= 0.3 is 5.97 Å². The van der Waals surface area contributed by atoms with Crippen molar-refractivity contribution in [3.63, 3.8) is 0 Å². The lowest BCUT2D eigenvalue weighted by molar-refractivity contribution is -0.132. The van der Waals surface area contributed by atoms with E-state index in [2.05, 4.69) is 4.98 Å². The number of imidazole rings is 1. The molecule has 0 aliphatic heterocycles. The lowest BCUT2D eigenvalue weighted by Gasteiger charge is -2.13. The number of nitrogens with zero attached hydrogens (tertiary/aromatic N) is 3. The Labute approximate surface area is 157 Å². The lowest BCUT2D eigenvalue weighted by atomic mass is 10.2. The fourth-order valence-electron chi connectivity index (χ4n) is 3.09. The molecule has 2 aromatic heterocycles. The molecule has 0 saturated heterocycles. The number of carboxylic acid groups (broad SMARTS) is 1. The average molecular weight is 369 g/mol. The summed E-state index contributed by atoms with van der Waals surface area (Å²) in [6, 6.07) is 5.37. The molecule has 1 unspecified atom stereocenters. The molecule has 142 valence electrons. The van der Waals surface area contributed by atoms with Crippen LogP contribution in [0.15, 0.2) is 23.9 Å². The quantitative estimate of drug-likeness (QED) is 0.588. The molecule has 1 aliphatic rings. The number of carboxylic acids is 1. The van der Waals surface area contributed by atoms with Crippen LogP contribution in [0.25, 0.3) is 11.7 Å². The van der Waals surface area contributed by atoms with Crippen LogP contribution < -0.4 is 9.47 Å². The van der Waals surface area contributed by atoms with Gasteiger partial charge in [0.25, 0.3) is 0 Å². The molecule has 0 aromatic carbocycles. The summed E-state index contributed by atoms with van der Waals surface area (Å²) in [5.41, 5.74) is 0.589. The number of nitriles is 1. The Bertz CT molecular complexity index is 904. The van der Waals surface area contributed by atoms with Crippen LogP contribution in [0.1, 0.15) is 51.6 Å². The van der Waals surface area contributed by atoms with Gasteiger partial charge in [-0.1, -0.05) is 6.92 Å². The lowest BCUT2D eigenvalue weighted by Crippen LogP contribution is -2.11. The molecular weight excluding hydrogens is 346 g/mol. The summed E-state index contributed by atoms with van der Waals surface area (Å²) in [5.74, 6) is -0.368. The fraction of sp³-hybridized carbons (Fsp3) is 0.450. The summed E-state index contributed by atoms with van der Waals surface area (Å²) in [6.07, 6.45) is 8.23. The van der Waals surface area contributed by atoms with E-state index in [-0.39, 0.29) is 17.8 Å². The highest BCUT2D eigenvalue weighted by atomic mass is 16.5. The number of hydrogen-bond donors (Lipinski definition) is 1. The third kappa shape index (κ3) is 4.05. The van der Waals surface area contributed by atoms with Crippen molar-refractivity contribution in [2.24, 2.45) is 0 Å². The topological polar surface area (TPSA) is 96.9 Å². The molecule has 1 aliphatic carbocycles. The summed E-state index contributed by atoms with van der Waals surface area (Å²) in [7, 11) is 0. The maximum atomic E-state index is 11.3. The Kier molecular flexibility index (Phi) is 5.65. The van der Waals surface area contributed by atoms with Gasteiger partial charge in [0.2, 0.25) is 5.88 Å². The van der Waals surface area contributed by atoms with Gasteiger partial charge in [0.1, 0.15) is 17.3 Å². The van der Waals surface area contributed by atoms with E-state index in [9.17, 15) is 9.90 Å². The maximum Gasteiger partial charge on any atom is 0.346 e. The molecule has 3 rings (SSSR count). The van der Waals surface area contributed by atoms with Crippen molar-refractivity contribution in [1.29, 1.82) is 5.26 Å². The van der Waals surface area contributed by atoms with Gasteiger partial charge < -0.3 is 14.6 Å². The van der Waals surface area contributed by atoms with Crippen molar-refractivity contribution in [3.05, 3.63) is 29.6 Å². The predicted molar refractivity (Wildman–Crippen MR) is 99.7 cm³/mol. The third-order valence-electron chi connectivity index (χ3n) is 4.73. The minimum Gasteiger partial charge on any atom is -0.487 e. The van der Waals surface area contributed by atoms with E-state index < -0.39 is 5.97 Å². The van der Waals surface area contributed by atoms with E-state index in [0.29, 0.717) is 23.0 Å². The first kappa shape index (κ1) is 18.8. The van der Waals surface area contributed by atoms with E-state index in [4.69, 9.17) is 14.7 Å². The molecule has 1 N–H and O–H groups in total. The van der Waals surface area contributed by atoms with Gasteiger partial charge in [-0.3, -0.25) is 4.40 Å². The van der Waals surface area contributed by atoms with Gasteiger partial charge in [-0.2, -0.15) is 10.2 Å². The summed E-state index contributed by atoms with van der Waals surface area (Å²) >= 11 is 0. The van der Waals surface area contributed by atoms with Gasteiger partial charge in [-0.25, -0.2) is 4.79 Å². The van der Waals surface area contributed by atoms with Crippen molar-refractivity contribution >= 4 is 17.7 Å². The molecule has 27 heavy (non-hydrogen) atoms.